The monoisotopic (exact) mass is 1280 g/mol. The van der Waals surface area contributed by atoms with Crippen molar-refractivity contribution in [3.05, 3.63) is 338 Å². The van der Waals surface area contributed by atoms with E-state index in [0.29, 0.717) is 11.5 Å². The fraction of sp³-hybridized carbons (Fsp3) is 0.0127. The minimum atomic E-state index is -0.622. The van der Waals surface area contributed by atoms with Crippen LogP contribution in [0.5, 0.6) is 11.5 Å². The maximum absolute atomic E-state index is 6.86. The summed E-state index contributed by atoms with van der Waals surface area (Å²) in [5, 5.41) is 4.58. The second-order valence-electron chi connectivity index (χ2n) is 21.9. The van der Waals surface area contributed by atoms with Crippen LogP contribution in [0.2, 0.25) is 0 Å². The van der Waals surface area contributed by atoms with Gasteiger partial charge in [0.2, 0.25) is 0 Å². The first kappa shape index (κ1) is 51.1. The van der Waals surface area contributed by atoms with E-state index in [0.717, 1.165) is 89.3 Å². The Morgan fingerprint density at radius 2 is 0.895 bits per heavy atom. The maximum Gasteiger partial charge on any atom is 0.137 e. The van der Waals surface area contributed by atoms with Crippen molar-refractivity contribution in [3.63, 3.8) is 0 Å². The van der Waals surface area contributed by atoms with E-state index in [4.69, 9.17) is 9.72 Å². The van der Waals surface area contributed by atoms with E-state index >= 15 is 0 Å². The van der Waals surface area contributed by atoms with Crippen molar-refractivity contribution in [1.82, 2.24) is 14.1 Å². The zero-order valence-electron chi connectivity index (χ0n) is 46.3. The zero-order chi connectivity index (χ0) is 56.0. The van der Waals surface area contributed by atoms with Gasteiger partial charge in [0.1, 0.15) is 5.82 Å². The van der Waals surface area contributed by atoms with Crippen LogP contribution in [0, 0.1) is 18.8 Å². The molecule has 0 spiro atoms. The van der Waals surface area contributed by atoms with Gasteiger partial charge in [-0.25, -0.2) is 4.98 Å². The minimum Gasteiger partial charge on any atom is -0.509 e. The van der Waals surface area contributed by atoms with Crippen LogP contribution in [0.25, 0.3) is 88.5 Å². The van der Waals surface area contributed by atoms with Crippen molar-refractivity contribution >= 4 is 66.4 Å². The number of pyridine rings is 1. The zero-order valence-corrected chi connectivity index (χ0v) is 48.6. The molecule has 3 aromatic heterocycles. The van der Waals surface area contributed by atoms with Crippen molar-refractivity contribution in [3.8, 4) is 56.4 Å². The van der Waals surface area contributed by atoms with Crippen LogP contribution >= 0.6 is 0 Å². The quantitative estimate of drug-likeness (QED) is 0.128. The summed E-state index contributed by atoms with van der Waals surface area (Å²) in [5.41, 5.74) is 20.5. The Balaban J connectivity index is 0.00000600. The summed E-state index contributed by atoms with van der Waals surface area (Å²) in [4.78, 5) is 9.64. The Hall–Kier alpha value is -10.5. The summed E-state index contributed by atoms with van der Waals surface area (Å²) in [6, 6.07) is 112. The fourth-order valence-corrected chi connectivity index (χ4v) is 13.8. The predicted octanol–water partition coefficient (Wildman–Crippen LogP) is 19.8. The number of nitrogens with zero attached hydrogens (tertiary/aromatic N) is 5. The van der Waals surface area contributed by atoms with Crippen molar-refractivity contribution in [2.75, 3.05) is 9.80 Å². The van der Waals surface area contributed by atoms with Gasteiger partial charge in [-0.05, 0) is 98.4 Å². The summed E-state index contributed by atoms with van der Waals surface area (Å²) in [6.45, 7) is 2.22. The van der Waals surface area contributed by atoms with Crippen molar-refractivity contribution in [2.45, 2.75) is 5.41 Å². The molecular formula is C79H50N5OPt-3. The molecule has 2 aliphatic rings. The topological polar surface area (TPSA) is 38.5 Å². The summed E-state index contributed by atoms with van der Waals surface area (Å²) >= 11 is 0. The van der Waals surface area contributed by atoms with E-state index in [1.165, 1.54) is 44.2 Å². The van der Waals surface area contributed by atoms with Gasteiger partial charge in [0.25, 0.3) is 0 Å². The molecule has 0 atom stereocenters. The van der Waals surface area contributed by atoms with E-state index in [9.17, 15) is 0 Å². The standard InChI is InChI=1S/C79H50N5O.Pt/c1-4-23-53(24-5-1)67-47-56(79(55-27-8-3-9-28-55)69-36-15-10-31-61(69)62-32-11-16-37-70(62)79)48-68(54-25-6-2-7-26-54)78(67)82-52-81(74-41-20-21-42-75(74)82)57-29-22-30-59(49-57)85-60-43-44-66-65-35-14-19-40-73(65)84(76(66)51-60)77-50-58(45-46-80-77)83-71-38-17-12-33-63(71)64-34-13-18-39-72(64)83;/h1-48,50,52H;/q-3;. The van der Waals surface area contributed by atoms with Crippen LogP contribution in [0.3, 0.4) is 0 Å². The molecule has 0 amide bonds. The van der Waals surface area contributed by atoms with Crippen LogP contribution in [0.4, 0.5) is 22.7 Å². The molecule has 0 bridgehead atoms. The molecule has 4 heterocycles. The number of hydrogen-bond acceptors (Lipinski definition) is 4. The summed E-state index contributed by atoms with van der Waals surface area (Å²) in [5.74, 6) is 1.91. The summed E-state index contributed by atoms with van der Waals surface area (Å²) in [7, 11) is 0. The molecule has 86 heavy (non-hydrogen) atoms. The van der Waals surface area contributed by atoms with Gasteiger partial charge in [0.15, 0.2) is 0 Å². The number of benzene rings is 12. The summed E-state index contributed by atoms with van der Waals surface area (Å²) < 4.78 is 11.4. The number of ether oxygens (including phenoxy) is 1. The van der Waals surface area contributed by atoms with Crippen molar-refractivity contribution < 1.29 is 25.8 Å². The van der Waals surface area contributed by atoms with Gasteiger partial charge in [-0.2, -0.15) is 12.1 Å². The Morgan fingerprint density at radius 3 is 1.52 bits per heavy atom. The largest absolute Gasteiger partial charge is 0.509 e. The third-order valence-electron chi connectivity index (χ3n) is 17.3. The minimum absolute atomic E-state index is 0. The first-order chi connectivity index (χ1) is 42.2. The molecule has 15 aromatic rings. The Kier molecular flexibility index (Phi) is 12.3. The number of rotatable bonds is 10. The van der Waals surface area contributed by atoms with Gasteiger partial charge >= 0.3 is 0 Å². The average molecular weight is 1280 g/mol. The van der Waals surface area contributed by atoms with E-state index < -0.39 is 5.41 Å². The Morgan fingerprint density at radius 1 is 0.384 bits per heavy atom. The van der Waals surface area contributed by atoms with Crippen molar-refractivity contribution in [1.29, 1.82) is 0 Å². The van der Waals surface area contributed by atoms with Crippen LogP contribution in [-0.2, 0) is 26.5 Å². The van der Waals surface area contributed by atoms with Gasteiger partial charge in [-0.3, -0.25) is 0 Å². The fourth-order valence-electron chi connectivity index (χ4n) is 13.8. The third kappa shape index (κ3) is 7.94. The van der Waals surface area contributed by atoms with E-state index in [2.05, 4.69) is 311 Å². The molecule has 0 radical (unpaired) electrons. The van der Waals surface area contributed by atoms with Gasteiger partial charge in [0.05, 0.1) is 22.1 Å². The maximum atomic E-state index is 6.86. The number of aromatic nitrogens is 3. The van der Waals surface area contributed by atoms with E-state index in [1.54, 1.807) is 0 Å². The molecule has 0 fully saturated rings. The van der Waals surface area contributed by atoms with Gasteiger partial charge in [0, 0.05) is 89.3 Å². The molecule has 0 saturated carbocycles. The molecule has 6 nitrogen and oxygen atoms in total. The second kappa shape index (κ2) is 20.7. The molecular weight excluding hydrogens is 1230 g/mol. The first-order valence-electron chi connectivity index (χ1n) is 28.8. The Labute approximate surface area is 513 Å². The van der Waals surface area contributed by atoms with Crippen LogP contribution in [0.1, 0.15) is 22.3 Å². The van der Waals surface area contributed by atoms with E-state index in [-0.39, 0.29) is 21.1 Å². The number of hydrogen-bond donors (Lipinski definition) is 0. The van der Waals surface area contributed by atoms with Crippen LogP contribution < -0.4 is 14.5 Å². The van der Waals surface area contributed by atoms with Crippen molar-refractivity contribution in [2.24, 2.45) is 0 Å². The second-order valence-corrected chi connectivity index (χ2v) is 21.9. The molecule has 1 aliphatic carbocycles. The normalized spacial score (nSPS) is 13.0. The van der Waals surface area contributed by atoms with Crippen LogP contribution in [-0.4, -0.2) is 14.1 Å². The van der Waals surface area contributed by atoms with Gasteiger partial charge in [-0.15, -0.1) is 48.1 Å². The molecule has 0 N–H and O–H groups in total. The Bertz CT molecular complexity index is 4950. The van der Waals surface area contributed by atoms with Gasteiger partial charge in [-0.1, -0.05) is 212 Å². The van der Waals surface area contributed by atoms with Gasteiger partial charge < -0.3 is 23.7 Å². The SMILES string of the molecule is [Pt].[c-]1c(Oc2[c-]c3c(cc2)c2ccccc2n3-c2cc(-n3c4ccccc4c4ccccc43)ccn2)cccc1N1[CH-]N(c2c(-c3ccccc3)cc(C3(c4ccccc4)c4ccccc4-c4ccccc43)cc2-c2ccccc2)c2ccccc21. The average Bonchev–Trinajstić information content (AvgIpc) is 1.57. The molecule has 12 aromatic carbocycles. The smallest absolute Gasteiger partial charge is 0.137 e. The number of anilines is 4. The van der Waals surface area contributed by atoms with E-state index in [1.807, 2.05) is 24.4 Å². The molecule has 17 rings (SSSR count). The summed E-state index contributed by atoms with van der Waals surface area (Å²) in [6.07, 6.45) is 1.90. The van der Waals surface area contributed by atoms with Crippen LogP contribution in [0.15, 0.2) is 297 Å². The molecule has 410 valence electrons. The third-order valence-corrected chi connectivity index (χ3v) is 17.3. The first-order valence-corrected chi connectivity index (χ1v) is 28.8. The number of fused-ring (bicyclic) bond motifs is 10. The molecule has 7 heteroatoms. The predicted molar refractivity (Wildman–Crippen MR) is 347 cm³/mol. The number of para-hydroxylation sites is 5. The molecule has 0 saturated heterocycles. The molecule has 1 aliphatic heterocycles. The molecule has 0 unspecified atom stereocenters.